The van der Waals surface area contributed by atoms with Gasteiger partial charge in [-0.05, 0) is 32.1 Å². The van der Waals surface area contributed by atoms with Gasteiger partial charge in [-0.25, -0.2) is 0 Å². The van der Waals surface area contributed by atoms with Gasteiger partial charge in [0.2, 0.25) is 0 Å². The lowest BCUT2D eigenvalue weighted by atomic mass is 9.84. The second kappa shape index (κ2) is 8.26. The van der Waals surface area contributed by atoms with Crippen LogP contribution in [-0.4, -0.2) is 55.4 Å². The van der Waals surface area contributed by atoms with Crippen LogP contribution < -0.4 is 5.73 Å². The highest BCUT2D eigenvalue weighted by molar-refractivity contribution is 14.0. The lowest BCUT2D eigenvalue weighted by molar-refractivity contribution is 0.131. The van der Waals surface area contributed by atoms with Gasteiger partial charge in [0.1, 0.15) is 0 Å². The van der Waals surface area contributed by atoms with Crippen LogP contribution >= 0.6 is 24.0 Å². The van der Waals surface area contributed by atoms with E-state index in [1.807, 2.05) is 0 Å². The molecule has 2 aliphatic rings. The number of halogens is 1. The van der Waals surface area contributed by atoms with E-state index in [0.29, 0.717) is 19.1 Å². The minimum atomic E-state index is 0. The van der Waals surface area contributed by atoms with Crippen LogP contribution in [0.25, 0.3) is 0 Å². The third kappa shape index (κ3) is 4.75. The van der Waals surface area contributed by atoms with Gasteiger partial charge < -0.3 is 20.5 Å². The molecule has 112 valence electrons. The highest BCUT2D eigenvalue weighted by Crippen LogP contribution is 2.32. The zero-order valence-electron chi connectivity index (χ0n) is 11.5. The number of nitrogens with two attached hydrogens (primary N) is 1. The number of likely N-dealkylation sites (tertiary alicyclic amines) is 1. The van der Waals surface area contributed by atoms with Crippen molar-refractivity contribution in [1.82, 2.24) is 4.90 Å². The molecule has 2 saturated heterocycles. The number of ether oxygens (including phenoxy) is 1. The van der Waals surface area contributed by atoms with Crippen molar-refractivity contribution in [2.75, 3.05) is 39.5 Å². The molecule has 2 fully saturated rings. The quantitative estimate of drug-likeness (QED) is 0.435. The smallest absolute Gasteiger partial charge is 0.191 e. The van der Waals surface area contributed by atoms with Crippen LogP contribution in [0.1, 0.15) is 32.1 Å². The van der Waals surface area contributed by atoms with E-state index in [-0.39, 0.29) is 36.0 Å². The molecule has 0 aromatic heterocycles. The summed E-state index contributed by atoms with van der Waals surface area (Å²) in [6.45, 7) is 4.40. The summed E-state index contributed by atoms with van der Waals surface area (Å²) in [6.07, 6.45) is 5.45. The summed E-state index contributed by atoms with van der Waals surface area (Å²) in [5.74, 6) is 0.666. The van der Waals surface area contributed by atoms with Crippen molar-refractivity contribution in [2.45, 2.75) is 32.1 Å². The van der Waals surface area contributed by atoms with Gasteiger partial charge in [0.25, 0.3) is 0 Å². The molecule has 0 aromatic carbocycles. The zero-order chi connectivity index (χ0) is 12.8. The lowest BCUT2D eigenvalue weighted by Gasteiger charge is -2.29. The fourth-order valence-electron chi connectivity index (χ4n) is 2.76. The van der Waals surface area contributed by atoms with Gasteiger partial charge in [-0.1, -0.05) is 0 Å². The molecule has 2 rings (SSSR count). The van der Waals surface area contributed by atoms with Crippen LogP contribution in [0.4, 0.5) is 0 Å². The summed E-state index contributed by atoms with van der Waals surface area (Å²) >= 11 is 0. The maximum absolute atomic E-state index is 9.16. The van der Waals surface area contributed by atoms with Gasteiger partial charge in [-0.15, -0.1) is 24.0 Å². The van der Waals surface area contributed by atoms with Gasteiger partial charge in [-0.2, -0.15) is 0 Å². The summed E-state index contributed by atoms with van der Waals surface area (Å²) in [5.41, 5.74) is 6.06. The van der Waals surface area contributed by atoms with Gasteiger partial charge in [0.05, 0.1) is 13.2 Å². The van der Waals surface area contributed by atoms with Crippen LogP contribution in [0, 0.1) is 5.41 Å². The predicted molar refractivity (Wildman–Crippen MR) is 86.9 cm³/mol. The molecule has 0 spiro atoms. The van der Waals surface area contributed by atoms with Crippen molar-refractivity contribution >= 4 is 29.9 Å². The Labute approximate surface area is 132 Å². The Balaban J connectivity index is 0.00000180. The van der Waals surface area contributed by atoms with Crippen molar-refractivity contribution in [1.29, 1.82) is 0 Å². The summed E-state index contributed by atoms with van der Waals surface area (Å²) in [7, 11) is 0. The SMILES string of the molecule is I.NC(=NCC1(CCO)CCOC1)N1CCCCC1. The Hall–Kier alpha value is -0.0800. The van der Waals surface area contributed by atoms with E-state index in [1.54, 1.807) is 0 Å². The number of aliphatic imine (C=N–C) groups is 1. The number of aliphatic hydroxyl groups is 1. The number of hydrogen-bond donors (Lipinski definition) is 2. The van der Waals surface area contributed by atoms with Crippen LogP contribution in [0.5, 0.6) is 0 Å². The first-order valence-corrected chi connectivity index (χ1v) is 6.99. The zero-order valence-corrected chi connectivity index (χ0v) is 13.8. The number of aliphatic hydroxyl groups excluding tert-OH is 1. The molecular weight excluding hydrogens is 357 g/mol. The average Bonchev–Trinajstić information content (AvgIpc) is 2.87. The molecule has 1 atom stereocenters. The number of guanidine groups is 1. The molecule has 0 bridgehead atoms. The van der Waals surface area contributed by atoms with Gasteiger partial charge in [0, 0.05) is 31.7 Å². The van der Waals surface area contributed by atoms with Gasteiger partial charge in [-0.3, -0.25) is 4.99 Å². The number of hydrogen-bond acceptors (Lipinski definition) is 3. The monoisotopic (exact) mass is 383 g/mol. The van der Waals surface area contributed by atoms with Crippen LogP contribution in [0.15, 0.2) is 4.99 Å². The first-order chi connectivity index (χ1) is 8.76. The van der Waals surface area contributed by atoms with E-state index >= 15 is 0 Å². The summed E-state index contributed by atoms with van der Waals surface area (Å²) < 4.78 is 5.46. The Morgan fingerprint density at radius 2 is 2.05 bits per heavy atom. The summed E-state index contributed by atoms with van der Waals surface area (Å²) in [5, 5.41) is 9.16. The molecule has 2 aliphatic heterocycles. The Kier molecular flexibility index (Phi) is 7.38. The molecule has 19 heavy (non-hydrogen) atoms. The van der Waals surface area contributed by atoms with E-state index in [0.717, 1.165) is 32.5 Å². The Morgan fingerprint density at radius 1 is 1.32 bits per heavy atom. The Bertz CT molecular complexity index is 288. The number of nitrogens with zero attached hydrogens (tertiary/aromatic N) is 2. The molecule has 2 heterocycles. The second-order valence-corrected chi connectivity index (χ2v) is 5.50. The lowest BCUT2D eigenvalue weighted by Crippen LogP contribution is -2.41. The van der Waals surface area contributed by atoms with E-state index in [4.69, 9.17) is 15.6 Å². The standard InChI is InChI=1S/C13H25N3O2.HI/c14-12(16-6-2-1-3-7-16)15-10-13(4-8-17)5-9-18-11-13;/h17H,1-11H2,(H2,14,15);1H. The molecule has 1 unspecified atom stereocenters. The normalized spacial score (nSPS) is 28.3. The van der Waals surface area contributed by atoms with Crippen LogP contribution in [0.3, 0.4) is 0 Å². The highest BCUT2D eigenvalue weighted by atomic mass is 127. The highest BCUT2D eigenvalue weighted by Gasteiger charge is 2.34. The average molecular weight is 383 g/mol. The second-order valence-electron chi connectivity index (χ2n) is 5.50. The van der Waals surface area contributed by atoms with Crippen molar-refractivity contribution in [3.8, 4) is 0 Å². The van der Waals surface area contributed by atoms with Gasteiger partial charge in [0.15, 0.2) is 5.96 Å². The largest absolute Gasteiger partial charge is 0.396 e. The molecule has 0 amide bonds. The molecule has 3 N–H and O–H groups in total. The molecule has 0 aliphatic carbocycles. The maximum atomic E-state index is 9.16. The van der Waals surface area contributed by atoms with Crippen molar-refractivity contribution < 1.29 is 9.84 Å². The van der Waals surface area contributed by atoms with Crippen molar-refractivity contribution in [3.63, 3.8) is 0 Å². The van der Waals surface area contributed by atoms with E-state index < -0.39 is 0 Å². The molecular formula is C13H26IN3O2. The fraction of sp³-hybridized carbons (Fsp3) is 0.923. The summed E-state index contributed by atoms with van der Waals surface area (Å²) in [4.78, 5) is 6.72. The number of rotatable bonds is 4. The van der Waals surface area contributed by atoms with E-state index in [9.17, 15) is 0 Å². The molecule has 0 saturated carbocycles. The van der Waals surface area contributed by atoms with Gasteiger partial charge >= 0.3 is 0 Å². The third-order valence-electron chi connectivity index (χ3n) is 4.08. The minimum Gasteiger partial charge on any atom is -0.396 e. The summed E-state index contributed by atoms with van der Waals surface area (Å²) in [6, 6.07) is 0. The minimum absolute atomic E-state index is 0. The van der Waals surface area contributed by atoms with Crippen molar-refractivity contribution in [3.05, 3.63) is 0 Å². The van der Waals surface area contributed by atoms with E-state index in [2.05, 4.69) is 9.89 Å². The molecule has 0 radical (unpaired) electrons. The van der Waals surface area contributed by atoms with Crippen molar-refractivity contribution in [2.24, 2.45) is 16.1 Å². The topological polar surface area (TPSA) is 71.1 Å². The van der Waals surface area contributed by atoms with Crippen LogP contribution in [0.2, 0.25) is 0 Å². The van der Waals surface area contributed by atoms with E-state index in [1.165, 1.54) is 19.3 Å². The fourth-order valence-corrected chi connectivity index (χ4v) is 2.76. The molecule has 0 aromatic rings. The number of piperidine rings is 1. The first kappa shape index (κ1) is 17.0. The Morgan fingerprint density at radius 3 is 2.63 bits per heavy atom. The first-order valence-electron chi connectivity index (χ1n) is 6.99. The maximum Gasteiger partial charge on any atom is 0.191 e. The molecule has 5 nitrogen and oxygen atoms in total. The third-order valence-corrected chi connectivity index (χ3v) is 4.08. The molecule has 6 heteroatoms. The van der Waals surface area contributed by atoms with Crippen LogP contribution in [-0.2, 0) is 4.74 Å². The predicted octanol–water partition coefficient (Wildman–Crippen LogP) is 1.19.